The molecule has 2 aromatic heterocycles. The quantitative estimate of drug-likeness (QED) is 0.257. The average Bonchev–Trinajstić information content (AvgIpc) is 3.23. The molecule has 1 aliphatic rings. The molecule has 0 radical (unpaired) electrons. The molecule has 1 N–H and O–H groups in total. The summed E-state index contributed by atoms with van der Waals surface area (Å²) in [6.45, 7) is 5.17. The Balaban J connectivity index is 0.000000656. The summed E-state index contributed by atoms with van der Waals surface area (Å²) in [7, 11) is -0.304. The smallest absolute Gasteiger partial charge is 0.790 e. The summed E-state index contributed by atoms with van der Waals surface area (Å²) in [4.78, 5) is 57.9. The number of ether oxygens (including phenoxy) is 1. The number of aryl methyl sites for hydroxylation is 1. The van der Waals surface area contributed by atoms with Gasteiger partial charge in [-0.05, 0) is 12.1 Å². The van der Waals surface area contributed by atoms with Crippen LogP contribution in [0, 0.1) is 0 Å². The number of aromatic nitrogens is 4. The topological polar surface area (TPSA) is 161 Å². The molecule has 0 amide bonds. The van der Waals surface area contributed by atoms with E-state index in [0.717, 1.165) is 48.7 Å². The first-order valence-corrected chi connectivity index (χ1v) is 12.0. The van der Waals surface area contributed by atoms with Crippen molar-refractivity contribution in [2.24, 2.45) is 14.1 Å². The number of phosphoric acid groups is 1. The number of para-hydroxylation sites is 2. The summed E-state index contributed by atoms with van der Waals surface area (Å²) in [6.07, 6.45) is 1.65. The fraction of sp³-hybridized carbons (Fsp3) is 0.450. The number of fused-ring (bicyclic) bond motifs is 1. The van der Waals surface area contributed by atoms with Crippen LogP contribution in [0.1, 0.15) is 0 Å². The monoisotopic (exact) mass is 517 g/mol. The van der Waals surface area contributed by atoms with E-state index in [0.29, 0.717) is 17.7 Å². The number of hydrogen-bond donors (Lipinski definition) is 1. The van der Waals surface area contributed by atoms with Crippen molar-refractivity contribution in [1.29, 1.82) is 0 Å². The van der Waals surface area contributed by atoms with Crippen LogP contribution in [0.4, 0.5) is 5.69 Å². The normalized spacial score (nSPS) is 14.3. The van der Waals surface area contributed by atoms with Crippen LogP contribution in [-0.4, -0.2) is 68.3 Å². The summed E-state index contributed by atoms with van der Waals surface area (Å²) >= 11 is 0. The molecule has 4 rings (SSSR count). The molecule has 0 atom stereocenters. The van der Waals surface area contributed by atoms with Crippen molar-refractivity contribution in [3.63, 3.8) is 0 Å². The van der Waals surface area contributed by atoms with Gasteiger partial charge < -0.3 is 33.4 Å². The van der Waals surface area contributed by atoms with Gasteiger partial charge in [-0.2, -0.15) is 0 Å². The molecule has 1 fully saturated rings. The van der Waals surface area contributed by atoms with Gasteiger partial charge in [0, 0.05) is 53.4 Å². The van der Waals surface area contributed by atoms with Gasteiger partial charge in [-0.25, -0.2) is 9.78 Å². The zero-order chi connectivity index (χ0) is 25.0. The Morgan fingerprint density at radius 1 is 1.06 bits per heavy atom. The van der Waals surface area contributed by atoms with Gasteiger partial charge in [-0.15, -0.1) is 0 Å². The van der Waals surface area contributed by atoms with Gasteiger partial charge in [0.25, 0.3) is 5.56 Å². The predicted octanol–water partition coefficient (Wildman–Crippen LogP) is -4.92. The first-order chi connectivity index (χ1) is 16.0. The van der Waals surface area contributed by atoms with Crippen LogP contribution in [0.15, 0.2) is 40.2 Å². The molecule has 0 aliphatic carbocycles. The number of nitrogens with zero attached hydrogens (tertiary/aromatic N) is 6. The third-order valence-corrected chi connectivity index (χ3v) is 5.67. The van der Waals surface area contributed by atoms with Crippen LogP contribution in [0.3, 0.4) is 0 Å². The second kappa shape index (κ2) is 12.3. The van der Waals surface area contributed by atoms with E-state index in [1.807, 2.05) is 22.8 Å². The Labute approximate surface area is 223 Å². The molecular formula is C20H27N6NaO7P-. The van der Waals surface area contributed by atoms with Gasteiger partial charge in [-0.3, -0.25) is 18.8 Å². The van der Waals surface area contributed by atoms with Gasteiger partial charge >= 0.3 is 35.2 Å². The van der Waals surface area contributed by atoms with Crippen molar-refractivity contribution in [3.05, 3.63) is 51.4 Å². The first kappa shape index (κ1) is 29.3. The van der Waals surface area contributed by atoms with E-state index >= 15 is 0 Å². The van der Waals surface area contributed by atoms with E-state index in [9.17, 15) is 9.59 Å². The van der Waals surface area contributed by atoms with E-state index in [1.165, 1.54) is 11.6 Å². The number of methoxy groups -OCH3 is 1. The fourth-order valence-electron chi connectivity index (χ4n) is 3.92. The molecule has 13 nitrogen and oxygen atoms in total. The Bertz CT molecular complexity index is 1300. The van der Waals surface area contributed by atoms with Crippen LogP contribution in [0.25, 0.3) is 11.2 Å². The van der Waals surface area contributed by atoms with Crippen molar-refractivity contribution in [1.82, 2.24) is 23.6 Å². The van der Waals surface area contributed by atoms with E-state index < -0.39 is 7.82 Å². The molecule has 3 aromatic rings. The van der Waals surface area contributed by atoms with E-state index in [-0.39, 0.29) is 40.8 Å². The number of benzene rings is 1. The minimum Gasteiger partial charge on any atom is -0.790 e. The second-order valence-electron chi connectivity index (χ2n) is 7.79. The summed E-state index contributed by atoms with van der Waals surface area (Å²) < 4.78 is 18.5. The fourth-order valence-corrected chi connectivity index (χ4v) is 3.92. The van der Waals surface area contributed by atoms with Gasteiger partial charge in [0.15, 0.2) is 11.2 Å². The zero-order valence-electron chi connectivity index (χ0n) is 20.2. The van der Waals surface area contributed by atoms with Crippen LogP contribution >= 0.6 is 7.82 Å². The summed E-state index contributed by atoms with van der Waals surface area (Å²) in [5, 5.41) is 0. The number of imidazole rings is 1. The van der Waals surface area contributed by atoms with Crippen molar-refractivity contribution in [3.8, 4) is 5.75 Å². The maximum atomic E-state index is 12.6. The Morgan fingerprint density at radius 3 is 2.26 bits per heavy atom. The molecular weight excluding hydrogens is 490 g/mol. The molecule has 0 saturated carbocycles. The molecule has 0 spiro atoms. The number of rotatable bonds is 5. The van der Waals surface area contributed by atoms with Gasteiger partial charge in [0.1, 0.15) is 5.75 Å². The molecule has 186 valence electrons. The van der Waals surface area contributed by atoms with Crippen LogP contribution in [0.2, 0.25) is 0 Å². The van der Waals surface area contributed by atoms with Gasteiger partial charge in [0.05, 0.1) is 26.9 Å². The minimum atomic E-state index is -5.14. The Morgan fingerprint density at radius 2 is 1.66 bits per heavy atom. The second-order valence-corrected chi connectivity index (χ2v) is 8.72. The molecule has 35 heavy (non-hydrogen) atoms. The van der Waals surface area contributed by atoms with Crippen molar-refractivity contribution < 1.29 is 53.5 Å². The first-order valence-electron chi connectivity index (χ1n) is 10.5. The van der Waals surface area contributed by atoms with Gasteiger partial charge in [-0.1, -0.05) is 12.1 Å². The van der Waals surface area contributed by atoms with Crippen LogP contribution in [-0.2, 0) is 25.2 Å². The van der Waals surface area contributed by atoms with Crippen molar-refractivity contribution >= 4 is 24.7 Å². The number of anilines is 1. The van der Waals surface area contributed by atoms with Crippen molar-refractivity contribution in [2.75, 3.05) is 44.7 Å². The SMILES string of the molecule is COc1ccccc1N1CCN(CCn2cnc3c2c(=O)n(C)c(=O)n3C)CC1.O=P([O-])([O-])O.[Na+]. The van der Waals surface area contributed by atoms with E-state index in [4.69, 9.17) is 24.0 Å². The molecule has 0 bridgehead atoms. The van der Waals surface area contributed by atoms with Crippen LogP contribution in [0.5, 0.6) is 5.75 Å². The summed E-state index contributed by atoms with van der Waals surface area (Å²) in [6, 6.07) is 8.09. The molecule has 1 saturated heterocycles. The summed E-state index contributed by atoms with van der Waals surface area (Å²) in [5.41, 5.74) is 1.36. The summed E-state index contributed by atoms with van der Waals surface area (Å²) in [5.74, 6) is 0.896. The molecule has 1 aliphatic heterocycles. The molecule has 0 unspecified atom stereocenters. The molecule has 15 heteroatoms. The largest absolute Gasteiger partial charge is 1.00 e. The third kappa shape index (κ3) is 7.28. The van der Waals surface area contributed by atoms with Gasteiger partial charge in [0.2, 0.25) is 0 Å². The predicted molar refractivity (Wildman–Crippen MR) is 122 cm³/mol. The van der Waals surface area contributed by atoms with E-state index in [2.05, 4.69) is 20.9 Å². The van der Waals surface area contributed by atoms with Crippen molar-refractivity contribution in [2.45, 2.75) is 6.54 Å². The zero-order valence-corrected chi connectivity index (χ0v) is 23.1. The molecule has 3 heterocycles. The maximum Gasteiger partial charge on any atom is 1.00 e. The minimum absolute atomic E-state index is 0. The Hall–Kier alpha value is -1.96. The standard InChI is InChI=1S/C20H26N6O3.Na.H3O4P/c1-22-18-17(19(27)23(2)20(22)28)26(14-21-18)13-10-24-8-11-25(12-9-24)15-6-4-5-7-16(15)29-3;;1-5(2,3)4/h4-7,14H,8-13H2,1-3H3;;(H3,1,2,3,4)/q;+1;/p-2. The Kier molecular flexibility index (Phi) is 10.3. The maximum absolute atomic E-state index is 12.6. The third-order valence-electron chi connectivity index (χ3n) is 5.67. The van der Waals surface area contributed by atoms with Crippen LogP contribution < -0.4 is 60.2 Å². The average molecular weight is 517 g/mol. The number of hydrogen-bond acceptors (Lipinski definition) is 9. The molecule has 1 aromatic carbocycles. The van der Waals surface area contributed by atoms with E-state index in [1.54, 1.807) is 20.5 Å². The number of piperazine rings is 1.